The zero-order valence-electron chi connectivity index (χ0n) is 10.6. The maximum absolute atomic E-state index is 6.16. The van der Waals surface area contributed by atoms with Gasteiger partial charge in [0.05, 0.1) is 5.02 Å². The molecule has 1 aromatic carbocycles. The van der Waals surface area contributed by atoms with Crippen LogP contribution in [0.25, 0.3) is 0 Å². The van der Waals surface area contributed by atoms with E-state index in [1.807, 2.05) is 18.2 Å². The van der Waals surface area contributed by atoms with Gasteiger partial charge in [0.2, 0.25) is 0 Å². The summed E-state index contributed by atoms with van der Waals surface area (Å²) in [5.41, 5.74) is 7.38. The number of rotatable bonds is 6. The van der Waals surface area contributed by atoms with Crippen LogP contribution in [0.5, 0.6) is 0 Å². The van der Waals surface area contributed by atoms with Crippen LogP contribution in [-0.4, -0.2) is 11.0 Å². The molecule has 0 saturated heterocycles. The number of hydrogen-bond acceptors (Lipinski definition) is 2. The Morgan fingerprint density at radius 2 is 2.28 bits per heavy atom. The predicted molar refractivity (Wildman–Crippen MR) is 82.4 cm³/mol. The average molecular weight is 283 g/mol. The molecule has 1 fully saturated rings. The summed E-state index contributed by atoms with van der Waals surface area (Å²) < 4.78 is 0. The van der Waals surface area contributed by atoms with E-state index in [9.17, 15) is 0 Å². The summed E-state index contributed by atoms with van der Waals surface area (Å²) in [6.45, 7) is 2.21. The molecule has 0 radical (unpaired) electrons. The number of nitrogens with two attached hydrogens (primary N) is 1. The van der Waals surface area contributed by atoms with E-state index in [0.717, 1.165) is 23.6 Å². The smallest absolute Gasteiger partial charge is 0.105 e. The molecular formula is C14H19ClN2S. The third kappa shape index (κ3) is 3.59. The fourth-order valence-electron chi connectivity index (χ4n) is 2.12. The van der Waals surface area contributed by atoms with Gasteiger partial charge < -0.3 is 11.1 Å². The molecule has 98 valence electrons. The summed E-state index contributed by atoms with van der Waals surface area (Å²) in [6, 6.07) is 6.32. The Morgan fingerprint density at radius 3 is 2.78 bits per heavy atom. The van der Waals surface area contributed by atoms with E-state index in [4.69, 9.17) is 29.6 Å². The molecule has 1 atom stereocenters. The molecule has 4 heteroatoms. The molecule has 18 heavy (non-hydrogen) atoms. The lowest BCUT2D eigenvalue weighted by Crippen LogP contribution is -2.19. The van der Waals surface area contributed by atoms with E-state index in [0.29, 0.717) is 16.1 Å². The van der Waals surface area contributed by atoms with Crippen molar-refractivity contribution in [3.63, 3.8) is 0 Å². The Kier molecular flexibility index (Phi) is 4.46. The van der Waals surface area contributed by atoms with Gasteiger partial charge in [0.1, 0.15) is 4.99 Å². The molecule has 0 aliphatic heterocycles. The third-order valence-corrected chi connectivity index (χ3v) is 3.95. The molecule has 2 rings (SSSR count). The average Bonchev–Trinajstić information content (AvgIpc) is 3.11. The van der Waals surface area contributed by atoms with Crippen molar-refractivity contribution in [2.24, 2.45) is 11.7 Å². The Balaban J connectivity index is 2.03. The molecule has 0 bridgehead atoms. The highest BCUT2D eigenvalue weighted by atomic mass is 35.5. The van der Waals surface area contributed by atoms with E-state index < -0.39 is 0 Å². The molecule has 3 N–H and O–H groups in total. The summed E-state index contributed by atoms with van der Waals surface area (Å²) in [7, 11) is 0. The summed E-state index contributed by atoms with van der Waals surface area (Å²) >= 11 is 11.1. The Bertz CT molecular complexity index is 443. The van der Waals surface area contributed by atoms with E-state index in [1.165, 1.54) is 19.3 Å². The van der Waals surface area contributed by atoms with Crippen LogP contribution in [0, 0.1) is 5.92 Å². The number of nitrogens with one attached hydrogen (secondary N) is 1. The molecule has 0 spiro atoms. The van der Waals surface area contributed by atoms with E-state index >= 15 is 0 Å². The van der Waals surface area contributed by atoms with Gasteiger partial charge in [-0.15, -0.1) is 0 Å². The predicted octanol–water partition coefficient (Wildman–Crippen LogP) is 3.96. The van der Waals surface area contributed by atoms with Crippen molar-refractivity contribution in [3.05, 3.63) is 28.8 Å². The molecular weight excluding hydrogens is 264 g/mol. The van der Waals surface area contributed by atoms with Gasteiger partial charge in [-0.25, -0.2) is 0 Å². The first-order chi connectivity index (χ1) is 8.60. The van der Waals surface area contributed by atoms with Gasteiger partial charge in [0, 0.05) is 17.3 Å². The second-order valence-corrected chi connectivity index (χ2v) is 5.83. The van der Waals surface area contributed by atoms with Crippen LogP contribution >= 0.6 is 23.8 Å². The minimum atomic E-state index is 0.344. The number of benzene rings is 1. The van der Waals surface area contributed by atoms with Gasteiger partial charge in [-0.1, -0.05) is 43.6 Å². The lowest BCUT2D eigenvalue weighted by atomic mass is 10.1. The van der Waals surface area contributed by atoms with Gasteiger partial charge in [-0.05, 0) is 37.0 Å². The fourth-order valence-corrected chi connectivity index (χ4v) is 2.64. The zero-order chi connectivity index (χ0) is 13.1. The molecule has 1 unspecified atom stereocenters. The normalized spacial score (nSPS) is 16.3. The Labute approximate surface area is 119 Å². The molecule has 0 amide bonds. The first kappa shape index (κ1) is 13.6. The summed E-state index contributed by atoms with van der Waals surface area (Å²) in [4.78, 5) is 0.344. The Morgan fingerprint density at radius 1 is 1.56 bits per heavy atom. The van der Waals surface area contributed by atoms with Gasteiger partial charge in [0.25, 0.3) is 0 Å². The minimum Gasteiger partial charge on any atom is -0.389 e. The molecule has 0 aromatic heterocycles. The van der Waals surface area contributed by atoms with Gasteiger partial charge in [0.15, 0.2) is 0 Å². The lowest BCUT2D eigenvalue weighted by Gasteiger charge is -2.18. The summed E-state index contributed by atoms with van der Waals surface area (Å²) in [5.74, 6) is 0.925. The third-order valence-electron chi connectivity index (χ3n) is 3.41. The van der Waals surface area contributed by atoms with Crippen LogP contribution in [0.2, 0.25) is 5.02 Å². The standard InChI is InChI=1S/C14H19ClN2S/c1-2-10(7-9-3-4-9)17-11-5-6-12(14(16)18)13(15)8-11/h5-6,8-10,17H,2-4,7H2,1H3,(H2,16,18). The van der Waals surface area contributed by atoms with Crippen molar-refractivity contribution in [2.45, 2.75) is 38.6 Å². The topological polar surface area (TPSA) is 38.0 Å². The molecule has 1 aliphatic rings. The monoisotopic (exact) mass is 282 g/mol. The van der Waals surface area contributed by atoms with E-state index in [1.54, 1.807) is 0 Å². The summed E-state index contributed by atoms with van der Waals surface area (Å²) in [5, 5.41) is 4.16. The fraction of sp³-hybridized carbons (Fsp3) is 0.500. The second-order valence-electron chi connectivity index (χ2n) is 4.99. The van der Waals surface area contributed by atoms with Gasteiger partial charge in [-0.3, -0.25) is 0 Å². The number of hydrogen-bond donors (Lipinski definition) is 2. The van der Waals surface area contributed by atoms with Crippen molar-refractivity contribution >= 4 is 34.5 Å². The van der Waals surface area contributed by atoms with Crippen LogP contribution in [0.1, 0.15) is 38.2 Å². The molecule has 2 nitrogen and oxygen atoms in total. The van der Waals surface area contributed by atoms with E-state index in [2.05, 4.69) is 12.2 Å². The van der Waals surface area contributed by atoms with Crippen LogP contribution in [0.4, 0.5) is 5.69 Å². The molecule has 1 aliphatic carbocycles. The first-order valence-electron chi connectivity index (χ1n) is 6.46. The highest BCUT2D eigenvalue weighted by Crippen LogP contribution is 2.35. The van der Waals surface area contributed by atoms with Gasteiger partial charge >= 0.3 is 0 Å². The van der Waals surface area contributed by atoms with Crippen molar-refractivity contribution in [3.8, 4) is 0 Å². The first-order valence-corrected chi connectivity index (χ1v) is 7.24. The molecule has 1 aromatic rings. The molecule has 0 heterocycles. The van der Waals surface area contributed by atoms with Crippen LogP contribution in [-0.2, 0) is 0 Å². The maximum atomic E-state index is 6.16. The van der Waals surface area contributed by atoms with E-state index in [-0.39, 0.29) is 0 Å². The lowest BCUT2D eigenvalue weighted by molar-refractivity contribution is 0.587. The van der Waals surface area contributed by atoms with Crippen LogP contribution < -0.4 is 11.1 Å². The van der Waals surface area contributed by atoms with Gasteiger partial charge in [-0.2, -0.15) is 0 Å². The maximum Gasteiger partial charge on any atom is 0.105 e. The largest absolute Gasteiger partial charge is 0.389 e. The summed E-state index contributed by atoms with van der Waals surface area (Å²) in [6.07, 6.45) is 5.16. The number of anilines is 1. The van der Waals surface area contributed by atoms with Crippen molar-refractivity contribution < 1.29 is 0 Å². The molecule has 1 saturated carbocycles. The van der Waals surface area contributed by atoms with Crippen LogP contribution in [0.3, 0.4) is 0 Å². The Hall–Kier alpha value is -0.800. The number of halogens is 1. The van der Waals surface area contributed by atoms with Crippen molar-refractivity contribution in [1.82, 2.24) is 0 Å². The number of thiocarbonyl (C=S) groups is 1. The minimum absolute atomic E-state index is 0.344. The van der Waals surface area contributed by atoms with Crippen molar-refractivity contribution in [1.29, 1.82) is 0 Å². The zero-order valence-corrected chi connectivity index (χ0v) is 12.2. The highest BCUT2D eigenvalue weighted by Gasteiger charge is 2.24. The second kappa shape index (κ2) is 5.89. The van der Waals surface area contributed by atoms with Crippen molar-refractivity contribution in [2.75, 3.05) is 5.32 Å². The quantitative estimate of drug-likeness (QED) is 0.776. The SMILES string of the molecule is CCC(CC1CC1)Nc1ccc(C(N)=S)c(Cl)c1. The van der Waals surface area contributed by atoms with Crippen LogP contribution in [0.15, 0.2) is 18.2 Å². The highest BCUT2D eigenvalue weighted by molar-refractivity contribution is 7.80.